The number of carbonyl (C=O) groups is 1. The van der Waals surface area contributed by atoms with E-state index in [1.165, 1.54) is 24.5 Å². The molecule has 2 saturated heterocycles. The number of rotatable bonds is 12. The van der Waals surface area contributed by atoms with Crippen molar-refractivity contribution in [3.8, 4) is 17.4 Å². The van der Waals surface area contributed by atoms with Gasteiger partial charge in [0.2, 0.25) is 0 Å². The molecule has 1 aliphatic carbocycles. The summed E-state index contributed by atoms with van der Waals surface area (Å²) < 4.78 is 52.3. The maximum atomic E-state index is 14.3. The number of ether oxygens (including phenoxy) is 2. The summed E-state index contributed by atoms with van der Waals surface area (Å²) in [5.41, 5.74) is 2.42. The number of fused-ring (bicyclic) bond motifs is 1. The van der Waals surface area contributed by atoms with E-state index in [2.05, 4.69) is 30.0 Å². The van der Waals surface area contributed by atoms with Crippen molar-refractivity contribution in [3.05, 3.63) is 59.4 Å². The van der Waals surface area contributed by atoms with Crippen LogP contribution in [0.1, 0.15) is 55.2 Å². The second-order valence-corrected chi connectivity index (χ2v) is 14.2. The molecule has 0 atom stereocenters. The summed E-state index contributed by atoms with van der Waals surface area (Å²) in [7, 11) is 0. The molecule has 262 valence electrons. The highest BCUT2D eigenvalue weighted by Gasteiger charge is 2.54. The fourth-order valence-electron chi connectivity index (χ4n) is 7.88. The summed E-state index contributed by atoms with van der Waals surface area (Å²) in [5.74, 6) is 1.33. The van der Waals surface area contributed by atoms with Crippen molar-refractivity contribution < 1.29 is 27.4 Å². The number of likely N-dealkylation sites (tertiary alicyclic amines) is 1. The number of halogens is 3. The van der Waals surface area contributed by atoms with Crippen LogP contribution in [0.15, 0.2) is 36.8 Å². The van der Waals surface area contributed by atoms with Gasteiger partial charge in [-0.2, -0.15) is 0 Å². The highest BCUT2D eigenvalue weighted by Crippen LogP contribution is 2.52. The molecule has 2 aromatic heterocycles. The average molecular weight is 681 g/mol. The van der Waals surface area contributed by atoms with Crippen LogP contribution in [0, 0.1) is 17.2 Å². The van der Waals surface area contributed by atoms with Gasteiger partial charge < -0.3 is 19.3 Å². The summed E-state index contributed by atoms with van der Waals surface area (Å²) in [5, 5.41) is 8.11. The first kappa shape index (κ1) is 33.5. The molecule has 49 heavy (non-hydrogen) atoms. The van der Waals surface area contributed by atoms with Crippen molar-refractivity contribution in [2.45, 2.75) is 65.1 Å². The summed E-state index contributed by atoms with van der Waals surface area (Å²) in [6.45, 7) is 11.6. The molecule has 0 radical (unpaired) electrons. The summed E-state index contributed by atoms with van der Waals surface area (Å²) in [4.78, 5) is 30.4. The summed E-state index contributed by atoms with van der Waals surface area (Å²) in [6, 6.07) is 5.78. The zero-order chi connectivity index (χ0) is 34.3. The molecule has 3 fully saturated rings. The molecule has 0 bridgehead atoms. The first-order chi connectivity index (χ1) is 23.6. The van der Waals surface area contributed by atoms with Crippen molar-refractivity contribution in [1.29, 1.82) is 0 Å². The predicted octanol–water partition coefficient (Wildman–Crippen LogP) is 4.67. The number of carbonyl (C=O) groups excluding carboxylic acids is 1. The smallest absolute Gasteiger partial charge is 0.282 e. The Morgan fingerprint density at radius 2 is 1.90 bits per heavy atom. The molecule has 1 amide bonds. The van der Waals surface area contributed by atoms with E-state index in [1.807, 2.05) is 37.9 Å². The average Bonchev–Trinajstić information content (AvgIpc) is 3.02. The van der Waals surface area contributed by atoms with E-state index >= 15 is 0 Å². The van der Waals surface area contributed by atoms with Crippen LogP contribution in [0.25, 0.3) is 0 Å². The van der Waals surface area contributed by atoms with Crippen LogP contribution in [0.5, 0.6) is 17.4 Å². The predicted molar refractivity (Wildman–Crippen MR) is 176 cm³/mol. The third-order valence-corrected chi connectivity index (χ3v) is 10.2. The Morgan fingerprint density at radius 1 is 1.10 bits per heavy atom. The van der Waals surface area contributed by atoms with Gasteiger partial charge in [0.1, 0.15) is 29.7 Å². The number of nitrogens with zero attached hydrogens (tertiary/aromatic N) is 8. The molecule has 11 nitrogen and oxygen atoms in total. The van der Waals surface area contributed by atoms with Gasteiger partial charge in [-0.25, -0.2) is 18.2 Å². The standard InChI is InChI=1S/C35H43F3N8O3/c1-4-46(22(2)3)34(47)26-11-24(36)5-6-29(26)49-33-32(40-21-41-42-33)45-19-35(20-45)12-25(13-35)48-30-7-9-39-28-8-10-43(17-27(28)30)14-23-15-44(16-23)18-31(37)38/h5-7,9,11,21-23,25,31H,4,8,10,12-20H2,1-3H3. The molecular weight excluding hydrogens is 637 g/mol. The second kappa shape index (κ2) is 13.7. The zero-order valence-electron chi connectivity index (χ0n) is 28.2. The number of alkyl halides is 2. The number of anilines is 1. The van der Waals surface area contributed by atoms with Gasteiger partial charge in [0.05, 0.1) is 12.1 Å². The Balaban J connectivity index is 0.953. The van der Waals surface area contributed by atoms with E-state index in [1.54, 1.807) is 4.90 Å². The molecule has 3 aromatic rings. The van der Waals surface area contributed by atoms with E-state index in [-0.39, 0.29) is 47.2 Å². The van der Waals surface area contributed by atoms with Crippen LogP contribution >= 0.6 is 0 Å². The number of hydrogen-bond acceptors (Lipinski definition) is 10. The van der Waals surface area contributed by atoms with Crippen molar-refractivity contribution in [2.75, 3.05) is 57.3 Å². The zero-order valence-corrected chi connectivity index (χ0v) is 28.2. The van der Waals surface area contributed by atoms with Crippen LogP contribution in [0.2, 0.25) is 0 Å². The van der Waals surface area contributed by atoms with Gasteiger partial charge in [0.15, 0.2) is 5.82 Å². The van der Waals surface area contributed by atoms with E-state index < -0.39 is 12.2 Å². The largest absolute Gasteiger partial charge is 0.490 e. The topological polar surface area (TPSA) is 100 Å². The summed E-state index contributed by atoms with van der Waals surface area (Å²) >= 11 is 0. The maximum absolute atomic E-state index is 14.3. The van der Waals surface area contributed by atoms with Crippen LogP contribution in [-0.2, 0) is 13.0 Å². The van der Waals surface area contributed by atoms with Gasteiger partial charge in [0.25, 0.3) is 18.2 Å². The molecule has 5 heterocycles. The van der Waals surface area contributed by atoms with E-state index in [0.29, 0.717) is 18.3 Å². The Bertz CT molecular complexity index is 1660. The number of amides is 1. The third kappa shape index (κ3) is 7.03. The fourth-order valence-corrected chi connectivity index (χ4v) is 7.88. The van der Waals surface area contributed by atoms with E-state index in [0.717, 1.165) is 82.1 Å². The van der Waals surface area contributed by atoms with Crippen molar-refractivity contribution >= 4 is 11.7 Å². The van der Waals surface area contributed by atoms with Gasteiger partial charge in [0, 0.05) is 87.7 Å². The molecule has 7 rings (SSSR count). The lowest BCUT2D eigenvalue weighted by molar-refractivity contribution is -0.0355. The molecule has 0 N–H and O–H groups in total. The molecule has 1 spiro atoms. The highest BCUT2D eigenvalue weighted by molar-refractivity contribution is 5.97. The van der Waals surface area contributed by atoms with Crippen LogP contribution in [0.3, 0.4) is 0 Å². The lowest BCUT2D eigenvalue weighted by Gasteiger charge is -2.58. The second-order valence-electron chi connectivity index (χ2n) is 14.2. The molecule has 4 aliphatic rings. The van der Waals surface area contributed by atoms with Crippen LogP contribution in [0.4, 0.5) is 19.0 Å². The first-order valence-electron chi connectivity index (χ1n) is 17.2. The normalized spacial score (nSPS) is 19.4. The molecule has 1 aromatic carbocycles. The number of aromatic nitrogens is 4. The van der Waals surface area contributed by atoms with E-state index in [9.17, 15) is 18.0 Å². The summed E-state index contributed by atoms with van der Waals surface area (Å²) in [6.07, 6.45) is 3.66. The lowest BCUT2D eigenvalue weighted by atomic mass is 9.61. The maximum Gasteiger partial charge on any atom is 0.282 e. The number of pyridine rings is 1. The van der Waals surface area contributed by atoms with E-state index in [4.69, 9.17) is 9.47 Å². The van der Waals surface area contributed by atoms with Crippen molar-refractivity contribution in [1.82, 2.24) is 34.9 Å². The van der Waals surface area contributed by atoms with Gasteiger partial charge in [-0.05, 0) is 63.8 Å². The number of benzene rings is 1. The Kier molecular flexibility index (Phi) is 9.35. The molecule has 3 aliphatic heterocycles. The monoisotopic (exact) mass is 680 g/mol. The minimum Gasteiger partial charge on any atom is -0.490 e. The van der Waals surface area contributed by atoms with Gasteiger partial charge in [-0.3, -0.25) is 19.6 Å². The Morgan fingerprint density at radius 3 is 2.63 bits per heavy atom. The molecular formula is C35H43F3N8O3. The van der Waals surface area contributed by atoms with Crippen molar-refractivity contribution in [3.63, 3.8) is 0 Å². The number of hydrogen-bond donors (Lipinski definition) is 0. The van der Waals surface area contributed by atoms with Crippen LogP contribution in [-0.4, -0.2) is 112 Å². The van der Waals surface area contributed by atoms with Gasteiger partial charge in [-0.15, -0.1) is 10.2 Å². The molecule has 1 saturated carbocycles. The minimum absolute atomic E-state index is 0.0685. The fraction of sp³-hybridized carbons (Fsp3) is 0.571. The van der Waals surface area contributed by atoms with Crippen LogP contribution < -0.4 is 14.4 Å². The SMILES string of the molecule is CCN(C(=O)c1cc(F)ccc1Oc1nncnc1N1CC2(CC(Oc3ccnc4c3CN(CC3CN(CC(F)F)C3)CC4)C2)C1)C(C)C. The quantitative estimate of drug-likeness (QED) is 0.269. The molecule has 0 unspecified atom stereocenters. The van der Waals surface area contributed by atoms with Crippen molar-refractivity contribution in [2.24, 2.45) is 11.3 Å². The van der Waals surface area contributed by atoms with Gasteiger partial charge in [-0.1, -0.05) is 0 Å². The Labute approximate surface area is 284 Å². The molecule has 14 heteroatoms. The third-order valence-electron chi connectivity index (χ3n) is 10.2. The lowest BCUT2D eigenvalue weighted by Crippen LogP contribution is -2.65. The van der Waals surface area contributed by atoms with Gasteiger partial charge >= 0.3 is 0 Å². The minimum atomic E-state index is -2.28. The first-order valence-corrected chi connectivity index (χ1v) is 17.2. The Hall–Kier alpha value is -4.04. The highest BCUT2D eigenvalue weighted by atomic mass is 19.3.